The Hall–Kier alpha value is -2.42. The van der Waals surface area contributed by atoms with Crippen LogP contribution >= 0.6 is 12.2 Å². The minimum atomic E-state index is -0.824. The number of thiocarbonyl (C=S) groups is 1. The van der Waals surface area contributed by atoms with Gasteiger partial charge in [-0.25, -0.2) is 4.79 Å². The molecule has 156 valence electrons. The zero-order valence-electron chi connectivity index (χ0n) is 16.5. The molecule has 9 heteroatoms. The molecule has 0 bridgehead atoms. The maximum atomic E-state index is 12.1. The van der Waals surface area contributed by atoms with E-state index in [1.54, 1.807) is 20.8 Å². The SMILES string of the molecule is CC(C)(C)OC(=O)NC(CCc1ccccc1)C(=S)OCCCCO[N+](=O)[O-]. The molecule has 1 atom stereocenters. The predicted molar refractivity (Wildman–Crippen MR) is 109 cm³/mol. The average molecular weight is 413 g/mol. The number of rotatable bonds is 11. The number of benzene rings is 1. The standard InChI is InChI=1S/C19H28N2O6S/c1-19(2,3)27-18(22)20-16(12-11-15-9-5-4-6-10-15)17(28)25-13-7-8-14-26-21(23)24/h4-6,9-10,16H,7-8,11-14H2,1-3H3,(H,20,22). The Morgan fingerprint density at radius 1 is 1.21 bits per heavy atom. The largest absolute Gasteiger partial charge is 0.485 e. The molecule has 1 aromatic carbocycles. The summed E-state index contributed by atoms with van der Waals surface area (Å²) >= 11 is 5.34. The Bertz CT molecular complexity index is 633. The van der Waals surface area contributed by atoms with Crippen LogP contribution in [-0.4, -0.2) is 41.1 Å². The first-order valence-corrected chi connectivity index (χ1v) is 9.55. The van der Waals surface area contributed by atoms with Gasteiger partial charge in [-0.05, 0) is 64.2 Å². The molecule has 1 N–H and O–H groups in total. The molecule has 0 spiro atoms. The number of carbonyl (C=O) groups excluding carboxylic acids is 1. The van der Waals surface area contributed by atoms with E-state index in [2.05, 4.69) is 10.2 Å². The van der Waals surface area contributed by atoms with Gasteiger partial charge in [0.25, 0.3) is 5.09 Å². The molecule has 1 aromatic rings. The summed E-state index contributed by atoms with van der Waals surface area (Å²) in [6, 6.07) is 9.37. The van der Waals surface area contributed by atoms with Crippen LogP contribution in [0, 0.1) is 10.1 Å². The van der Waals surface area contributed by atoms with Crippen LogP contribution in [0.4, 0.5) is 4.79 Å². The van der Waals surface area contributed by atoms with Crippen LogP contribution in [0.25, 0.3) is 0 Å². The number of aryl methyl sites for hydroxylation is 1. The van der Waals surface area contributed by atoms with E-state index < -0.39 is 22.8 Å². The first-order valence-electron chi connectivity index (χ1n) is 9.15. The number of ether oxygens (including phenoxy) is 2. The van der Waals surface area contributed by atoms with E-state index in [1.165, 1.54) is 0 Å². The Labute approximate surface area is 170 Å². The molecule has 0 aromatic heterocycles. The summed E-state index contributed by atoms with van der Waals surface area (Å²) in [6.07, 6.45) is 1.73. The van der Waals surface area contributed by atoms with Gasteiger partial charge in [0.1, 0.15) is 11.6 Å². The van der Waals surface area contributed by atoms with Crippen LogP contribution < -0.4 is 5.32 Å². The zero-order valence-corrected chi connectivity index (χ0v) is 17.3. The maximum Gasteiger partial charge on any atom is 0.408 e. The molecule has 1 rings (SSSR count). The Morgan fingerprint density at radius 2 is 1.86 bits per heavy atom. The normalized spacial score (nSPS) is 12.0. The molecule has 0 saturated carbocycles. The highest BCUT2D eigenvalue weighted by Gasteiger charge is 2.23. The van der Waals surface area contributed by atoms with E-state index in [1.807, 2.05) is 30.3 Å². The molecule has 1 unspecified atom stereocenters. The molecule has 28 heavy (non-hydrogen) atoms. The number of nitrogens with zero attached hydrogens (tertiary/aromatic N) is 1. The second kappa shape index (κ2) is 12.1. The molecule has 0 heterocycles. The molecule has 1 amide bonds. The van der Waals surface area contributed by atoms with Crippen LogP contribution in [-0.2, 0) is 20.7 Å². The van der Waals surface area contributed by atoms with Gasteiger partial charge in [-0.1, -0.05) is 30.3 Å². The Kier molecular flexibility index (Phi) is 10.2. The lowest BCUT2D eigenvalue weighted by Crippen LogP contribution is -2.44. The highest BCUT2D eigenvalue weighted by atomic mass is 32.1. The van der Waals surface area contributed by atoms with Gasteiger partial charge < -0.3 is 19.6 Å². The van der Waals surface area contributed by atoms with E-state index in [0.717, 1.165) is 5.56 Å². The second-order valence-corrected chi connectivity index (χ2v) is 7.56. The van der Waals surface area contributed by atoms with Gasteiger partial charge in [-0.15, -0.1) is 10.1 Å². The summed E-state index contributed by atoms with van der Waals surface area (Å²) in [7, 11) is 0. The van der Waals surface area contributed by atoms with Gasteiger partial charge in [0.15, 0.2) is 5.05 Å². The maximum absolute atomic E-state index is 12.1. The van der Waals surface area contributed by atoms with Crippen molar-refractivity contribution < 1.29 is 24.2 Å². The van der Waals surface area contributed by atoms with Crippen molar-refractivity contribution in [3.05, 3.63) is 46.0 Å². The smallest absolute Gasteiger partial charge is 0.408 e. The first-order chi connectivity index (χ1) is 13.2. The minimum absolute atomic E-state index is 0.0106. The average Bonchev–Trinajstić information content (AvgIpc) is 2.60. The van der Waals surface area contributed by atoms with Gasteiger partial charge in [0, 0.05) is 0 Å². The predicted octanol–water partition coefficient (Wildman–Crippen LogP) is 3.85. The fourth-order valence-electron chi connectivity index (χ4n) is 2.27. The highest BCUT2D eigenvalue weighted by molar-refractivity contribution is 7.80. The van der Waals surface area contributed by atoms with Crippen molar-refractivity contribution in [1.29, 1.82) is 0 Å². The zero-order chi connectivity index (χ0) is 21.0. The fraction of sp³-hybridized carbons (Fsp3) is 0.579. The third-order valence-electron chi connectivity index (χ3n) is 3.52. The molecular weight excluding hydrogens is 384 g/mol. The molecule has 0 aliphatic rings. The topological polar surface area (TPSA) is 99.9 Å². The lowest BCUT2D eigenvalue weighted by atomic mass is 10.1. The minimum Gasteiger partial charge on any atom is -0.485 e. The van der Waals surface area contributed by atoms with Crippen molar-refractivity contribution in [2.24, 2.45) is 0 Å². The Balaban J connectivity index is 2.53. The molecule has 0 radical (unpaired) electrons. The highest BCUT2D eigenvalue weighted by Crippen LogP contribution is 2.11. The number of alkyl carbamates (subject to hydrolysis) is 1. The number of hydrogen-bond donors (Lipinski definition) is 1. The van der Waals surface area contributed by atoms with E-state index >= 15 is 0 Å². The lowest BCUT2D eigenvalue weighted by molar-refractivity contribution is -0.757. The number of carbonyl (C=O) groups is 1. The number of nitrogens with one attached hydrogen (secondary N) is 1. The van der Waals surface area contributed by atoms with Gasteiger partial charge >= 0.3 is 6.09 Å². The van der Waals surface area contributed by atoms with Crippen LogP contribution in [0.3, 0.4) is 0 Å². The van der Waals surface area contributed by atoms with Gasteiger partial charge in [-0.2, -0.15) is 0 Å². The van der Waals surface area contributed by atoms with Crippen molar-refractivity contribution in [3.8, 4) is 0 Å². The van der Waals surface area contributed by atoms with Crippen molar-refractivity contribution >= 4 is 23.4 Å². The third kappa shape index (κ3) is 11.3. The summed E-state index contributed by atoms with van der Waals surface area (Å²) in [5, 5.41) is 12.3. The van der Waals surface area contributed by atoms with Gasteiger partial charge in [0.05, 0.1) is 13.2 Å². The van der Waals surface area contributed by atoms with Crippen LogP contribution in [0.1, 0.15) is 45.6 Å². The fourth-order valence-corrected chi connectivity index (χ4v) is 2.53. The second-order valence-electron chi connectivity index (χ2n) is 7.15. The number of amides is 1. The van der Waals surface area contributed by atoms with Crippen LogP contribution in [0.2, 0.25) is 0 Å². The van der Waals surface area contributed by atoms with Gasteiger partial charge in [0.2, 0.25) is 0 Å². The Morgan fingerprint density at radius 3 is 2.46 bits per heavy atom. The quantitative estimate of drug-likeness (QED) is 0.255. The van der Waals surface area contributed by atoms with E-state index in [-0.39, 0.29) is 18.3 Å². The van der Waals surface area contributed by atoms with Crippen molar-refractivity contribution in [1.82, 2.24) is 5.32 Å². The molecule has 8 nitrogen and oxygen atoms in total. The van der Waals surface area contributed by atoms with Gasteiger partial charge in [-0.3, -0.25) is 0 Å². The monoisotopic (exact) mass is 412 g/mol. The van der Waals surface area contributed by atoms with Crippen molar-refractivity contribution in [2.45, 2.75) is 58.1 Å². The van der Waals surface area contributed by atoms with E-state index in [4.69, 9.17) is 21.7 Å². The van der Waals surface area contributed by atoms with E-state index in [0.29, 0.717) is 25.7 Å². The molecule has 0 aliphatic carbocycles. The van der Waals surface area contributed by atoms with Crippen LogP contribution in [0.15, 0.2) is 30.3 Å². The van der Waals surface area contributed by atoms with Crippen molar-refractivity contribution in [3.63, 3.8) is 0 Å². The summed E-state index contributed by atoms with van der Waals surface area (Å²) in [6.45, 7) is 5.66. The molecule has 0 fully saturated rings. The molecule has 0 aliphatic heterocycles. The first kappa shape index (κ1) is 23.6. The van der Waals surface area contributed by atoms with E-state index in [9.17, 15) is 14.9 Å². The molecule has 0 saturated heterocycles. The third-order valence-corrected chi connectivity index (χ3v) is 3.92. The van der Waals surface area contributed by atoms with Crippen LogP contribution in [0.5, 0.6) is 0 Å². The summed E-state index contributed by atoms with van der Waals surface area (Å²) in [4.78, 5) is 26.5. The summed E-state index contributed by atoms with van der Waals surface area (Å²) in [5.74, 6) is 0. The summed E-state index contributed by atoms with van der Waals surface area (Å²) < 4.78 is 10.9. The van der Waals surface area contributed by atoms with Crippen molar-refractivity contribution in [2.75, 3.05) is 13.2 Å². The molecular formula is C19H28N2O6S. The summed E-state index contributed by atoms with van der Waals surface area (Å²) in [5.41, 5.74) is 0.506. The number of unbranched alkanes of at least 4 members (excludes halogenated alkanes) is 1. The number of hydrogen-bond acceptors (Lipinski definition) is 7. The lowest BCUT2D eigenvalue weighted by Gasteiger charge is -2.24.